The topological polar surface area (TPSA) is 54.5 Å². The van der Waals surface area contributed by atoms with Gasteiger partial charge in [0.1, 0.15) is 11.3 Å². The van der Waals surface area contributed by atoms with Crippen molar-refractivity contribution in [2.75, 3.05) is 0 Å². The fourth-order valence-corrected chi connectivity index (χ4v) is 2.56. The van der Waals surface area contributed by atoms with E-state index in [0.29, 0.717) is 12.1 Å². The number of imidazole rings is 1. The molecule has 1 aromatic carbocycles. The largest absolute Gasteiger partial charge is 0.435 e. The number of hydrogen-bond acceptors (Lipinski definition) is 3. The van der Waals surface area contributed by atoms with Crippen molar-refractivity contribution in [2.45, 2.75) is 18.3 Å². The van der Waals surface area contributed by atoms with Gasteiger partial charge in [0, 0.05) is 5.56 Å². The van der Waals surface area contributed by atoms with Gasteiger partial charge in [-0.05, 0) is 24.3 Å². The molecule has 0 aliphatic heterocycles. The van der Waals surface area contributed by atoms with Crippen LogP contribution in [0.2, 0.25) is 5.02 Å². The molecule has 1 N–H and O–H groups in total. The second kappa shape index (κ2) is 6.65. The van der Waals surface area contributed by atoms with Gasteiger partial charge in [0.25, 0.3) is 0 Å². The Morgan fingerprint density at radius 2 is 1.59 bits per heavy atom. The first-order chi connectivity index (χ1) is 13.2. The van der Waals surface area contributed by atoms with Crippen LogP contribution < -0.4 is 0 Å². The van der Waals surface area contributed by atoms with Crippen molar-refractivity contribution in [3.63, 3.8) is 0 Å². The maximum Gasteiger partial charge on any atom is 0.435 e. The van der Waals surface area contributed by atoms with Crippen molar-refractivity contribution in [3.05, 3.63) is 53.0 Å². The van der Waals surface area contributed by atoms with Gasteiger partial charge in [-0.1, -0.05) is 18.2 Å². The molecule has 0 radical (unpaired) electrons. The molecule has 29 heavy (non-hydrogen) atoms. The second-order valence-electron chi connectivity index (χ2n) is 5.70. The molecule has 0 spiro atoms. The Labute approximate surface area is 161 Å². The summed E-state index contributed by atoms with van der Waals surface area (Å²) in [6, 6.07) is 2.10. The minimum atomic E-state index is -5.19. The molecule has 13 heteroatoms. The van der Waals surface area contributed by atoms with Crippen LogP contribution in [0, 0.1) is 0 Å². The summed E-state index contributed by atoms with van der Waals surface area (Å²) >= 11 is 5.85. The molecule has 0 aliphatic rings. The van der Waals surface area contributed by atoms with Gasteiger partial charge < -0.3 is 4.98 Å². The highest BCUT2D eigenvalue weighted by Crippen LogP contribution is 2.38. The van der Waals surface area contributed by atoms with E-state index in [4.69, 9.17) is 11.6 Å². The zero-order valence-electron chi connectivity index (χ0n) is 13.8. The first kappa shape index (κ1) is 21.0. The molecule has 0 amide bonds. The Hall–Kier alpha value is -2.76. The fraction of sp³-hybridized carbons (Fsp3) is 0.188. The summed E-state index contributed by atoms with van der Waals surface area (Å²) in [6.45, 7) is 2.81. The number of aromatic amines is 1. The van der Waals surface area contributed by atoms with Crippen molar-refractivity contribution in [3.8, 4) is 11.4 Å². The first-order valence-electron chi connectivity index (χ1n) is 7.48. The van der Waals surface area contributed by atoms with Crippen LogP contribution in [0.5, 0.6) is 0 Å². The van der Waals surface area contributed by atoms with Crippen molar-refractivity contribution in [1.29, 1.82) is 0 Å². The number of alkyl halides is 8. The van der Waals surface area contributed by atoms with Crippen LogP contribution in [-0.4, -0.2) is 19.9 Å². The maximum absolute atomic E-state index is 13.8. The number of benzene rings is 1. The zero-order chi connectivity index (χ0) is 21.8. The number of H-pyrrole nitrogens is 1. The lowest BCUT2D eigenvalue weighted by atomic mass is 10.1. The van der Waals surface area contributed by atoms with Crippen molar-refractivity contribution in [1.82, 2.24) is 19.9 Å². The molecule has 0 fully saturated rings. The van der Waals surface area contributed by atoms with Crippen LogP contribution in [0.3, 0.4) is 0 Å². The minimum absolute atomic E-state index is 0.0472. The average Bonchev–Trinajstić information content (AvgIpc) is 3.03. The molecule has 0 aliphatic carbocycles. The lowest BCUT2D eigenvalue weighted by molar-refractivity contribution is -0.140. The summed E-state index contributed by atoms with van der Waals surface area (Å²) in [6.07, 6.45) is -9.90. The van der Waals surface area contributed by atoms with E-state index in [1.54, 1.807) is 0 Å². The van der Waals surface area contributed by atoms with Crippen LogP contribution in [0.4, 0.5) is 35.1 Å². The van der Waals surface area contributed by atoms with Gasteiger partial charge in [-0.3, -0.25) is 0 Å². The Morgan fingerprint density at radius 1 is 0.931 bits per heavy atom. The van der Waals surface area contributed by atoms with Gasteiger partial charge in [-0.15, -0.1) is 0 Å². The molecule has 2 aromatic heterocycles. The highest BCUT2D eigenvalue weighted by molar-refractivity contribution is 6.33. The van der Waals surface area contributed by atoms with E-state index in [-0.39, 0.29) is 11.1 Å². The Kier molecular flexibility index (Phi) is 4.80. The molecule has 0 unspecified atom stereocenters. The molecule has 0 saturated carbocycles. The van der Waals surface area contributed by atoms with E-state index in [2.05, 4.69) is 26.5 Å². The fourth-order valence-electron chi connectivity index (χ4n) is 2.35. The molecule has 2 heterocycles. The Bertz CT molecular complexity index is 1100. The first-order valence-corrected chi connectivity index (χ1v) is 7.86. The van der Waals surface area contributed by atoms with E-state index in [0.717, 1.165) is 6.07 Å². The van der Waals surface area contributed by atoms with E-state index in [1.807, 2.05) is 0 Å². The molecular weight excluding hydrogens is 436 g/mol. The lowest BCUT2D eigenvalue weighted by Gasteiger charge is -2.12. The third-order valence-corrected chi connectivity index (χ3v) is 4.05. The SMILES string of the molecule is C=CC(F)(F)c1nc(C(F)(F)F)c2[nH]c(-c3cc(C(F)(F)F)ccc3Cl)nc2n1. The van der Waals surface area contributed by atoms with Crippen LogP contribution >= 0.6 is 11.6 Å². The van der Waals surface area contributed by atoms with Gasteiger partial charge >= 0.3 is 18.3 Å². The van der Waals surface area contributed by atoms with Gasteiger partial charge in [0.15, 0.2) is 11.3 Å². The van der Waals surface area contributed by atoms with Gasteiger partial charge in [0.2, 0.25) is 5.82 Å². The van der Waals surface area contributed by atoms with Gasteiger partial charge in [-0.25, -0.2) is 15.0 Å². The van der Waals surface area contributed by atoms with Gasteiger partial charge in [0.05, 0.1) is 10.6 Å². The predicted octanol–water partition coefficient (Wildman–Crippen LogP) is 5.99. The molecule has 0 saturated heterocycles. The van der Waals surface area contributed by atoms with Crippen LogP contribution in [-0.2, 0) is 18.3 Å². The summed E-state index contributed by atoms with van der Waals surface area (Å²) in [5.41, 5.74) is -5.01. The summed E-state index contributed by atoms with van der Waals surface area (Å²) in [7, 11) is 0. The molecule has 0 bridgehead atoms. The van der Waals surface area contributed by atoms with Crippen molar-refractivity contribution >= 4 is 22.8 Å². The number of aromatic nitrogens is 4. The average molecular weight is 443 g/mol. The molecular formula is C16H7ClF8N4. The molecule has 0 atom stereocenters. The molecule has 3 rings (SSSR count). The monoisotopic (exact) mass is 442 g/mol. The number of nitrogens with one attached hydrogen (secondary N) is 1. The third kappa shape index (κ3) is 3.88. The highest BCUT2D eigenvalue weighted by atomic mass is 35.5. The molecule has 3 aromatic rings. The van der Waals surface area contributed by atoms with E-state index in [1.165, 1.54) is 0 Å². The van der Waals surface area contributed by atoms with E-state index < -0.39 is 57.9 Å². The van der Waals surface area contributed by atoms with Crippen molar-refractivity contribution < 1.29 is 35.1 Å². The summed E-state index contributed by atoms with van der Waals surface area (Å²) in [5.74, 6) is -6.04. The van der Waals surface area contributed by atoms with Gasteiger partial charge in [-0.2, -0.15) is 35.1 Å². The molecule has 154 valence electrons. The number of rotatable bonds is 3. The van der Waals surface area contributed by atoms with Crippen molar-refractivity contribution in [2.24, 2.45) is 0 Å². The smallest absolute Gasteiger partial charge is 0.335 e. The minimum Gasteiger partial charge on any atom is -0.335 e. The number of nitrogens with zero attached hydrogens (tertiary/aromatic N) is 3. The van der Waals surface area contributed by atoms with Crippen LogP contribution in [0.1, 0.15) is 17.1 Å². The van der Waals surface area contributed by atoms with Crippen LogP contribution in [0.25, 0.3) is 22.6 Å². The highest BCUT2D eigenvalue weighted by Gasteiger charge is 2.41. The Balaban J connectivity index is 2.30. The maximum atomic E-state index is 13.8. The van der Waals surface area contributed by atoms with E-state index >= 15 is 0 Å². The molecule has 4 nitrogen and oxygen atoms in total. The Morgan fingerprint density at radius 3 is 2.14 bits per heavy atom. The summed E-state index contributed by atoms with van der Waals surface area (Å²) < 4.78 is 106. The summed E-state index contributed by atoms with van der Waals surface area (Å²) in [5, 5.41) is -0.268. The third-order valence-electron chi connectivity index (χ3n) is 3.72. The number of fused-ring (bicyclic) bond motifs is 1. The quantitative estimate of drug-likeness (QED) is 0.400. The van der Waals surface area contributed by atoms with E-state index in [9.17, 15) is 35.1 Å². The second-order valence-corrected chi connectivity index (χ2v) is 6.10. The number of halogens is 9. The van der Waals surface area contributed by atoms with Crippen LogP contribution in [0.15, 0.2) is 30.9 Å². The predicted molar refractivity (Wildman–Crippen MR) is 86.2 cm³/mol. The number of hydrogen-bond donors (Lipinski definition) is 1. The summed E-state index contributed by atoms with van der Waals surface area (Å²) in [4.78, 5) is 11.9. The zero-order valence-corrected chi connectivity index (χ0v) is 14.5. The standard InChI is InChI=1S/C16H7ClF8N4/c1-2-14(18,19)13-27-10(16(23,24)25)9-12(29-13)28-11(26-9)7-5-6(15(20,21)22)3-4-8(7)17/h2-5H,1H2,(H,26,27,28,29). The normalized spacial score (nSPS) is 13.1. The number of allylic oxidation sites excluding steroid dienone is 1. The lowest BCUT2D eigenvalue weighted by Crippen LogP contribution is -2.19.